The lowest BCUT2D eigenvalue weighted by molar-refractivity contribution is 0.0777. The summed E-state index contributed by atoms with van der Waals surface area (Å²) in [4.78, 5) is 16.0. The molecule has 2 aromatic heterocycles. The number of fused-ring (bicyclic) bond motifs is 1. The minimum atomic E-state index is -2.76. The van der Waals surface area contributed by atoms with Crippen LogP contribution in [0.1, 0.15) is 64.3 Å². The van der Waals surface area contributed by atoms with Crippen molar-refractivity contribution in [3.63, 3.8) is 0 Å². The Morgan fingerprint density at radius 3 is 2.44 bits per heavy atom. The Balaban J connectivity index is 1.37. The first-order chi connectivity index (χ1) is 19.6. The molecule has 0 unspecified atom stereocenters. The molecule has 0 bridgehead atoms. The summed E-state index contributed by atoms with van der Waals surface area (Å²) in [5.41, 5.74) is 1.36. The molecule has 3 aromatic rings. The fourth-order valence-electron chi connectivity index (χ4n) is 5.88. The van der Waals surface area contributed by atoms with Crippen LogP contribution in [-0.4, -0.2) is 75.7 Å². The predicted molar refractivity (Wildman–Crippen MR) is 157 cm³/mol. The van der Waals surface area contributed by atoms with E-state index in [0.29, 0.717) is 66.8 Å². The first-order valence-electron chi connectivity index (χ1n) is 14.8. The third-order valence-electron chi connectivity index (χ3n) is 8.13. The van der Waals surface area contributed by atoms with Crippen LogP contribution in [-0.2, 0) is 4.74 Å². The summed E-state index contributed by atoms with van der Waals surface area (Å²) in [6.07, 6.45) is 1.68. The first kappa shape index (κ1) is 29.6. The largest absolute Gasteiger partial charge is 0.389 e. The number of aryl methyl sites for hydroxylation is 1. The van der Waals surface area contributed by atoms with Crippen molar-refractivity contribution < 1.29 is 18.6 Å². The van der Waals surface area contributed by atoms with E-state index >= 15 is 0 Å². The molecule has 0 amide bonds. The van der Waals surface area contributed by atoms with Gasteiger partial charge in [-0.25, -0.2) is 13.8 Å². The van der Waals surface area contributed by atoms with Gasteiger partial charge in [0.15, 0.2) is 5.82 Å². The Hall–Kier alpha value is -2.89. The monoisotopic (exact) mass is 571 g/mol. The van der Waals surface area contributed by atoms with Crippen molar-refractivity contribution in [2.75, 3.05) is 49.6 Å². The van der Waals surface area contributed by atoms with Crippen molar-refractivity contribution in [1.29, 1.82) is 0 Å². The Morgan fingerprint density at radius 2 is 1.76 bits per heavy atom. The third-order valence-corrected chi connectivity index (χ3v) is 8.13. The molecule has 9 nitrogen and oxygen atoms in total. The van der Waals surface area contributed by atoms with Gasteiger partial charge < -0.3 is 25.4 Å². The molecule has 1 aromatic carbocycles. The molecule has 1 aliphatic carbocycles. The van der Waals surface area contributed by atoms with E-state index in [0.717, 1.165) is 44.3 Å². The van der Waals surface area contributed by atoms with Gasteiger partial charge in [-0.15, -0.1) is 0 Å². The molecular weight excluding hydrogens is 528 g/mol. The average molecular weight is 572 g/mol. The molecule has 1 saturated carbocycles. The van der Waals surface area contributed by atoms with Gasteiger partial charge in [0.25, 0.3) is 6.43 Å². The van der Waals surface area contributed by atoms with Crippen LogP contribution in [0.2, 0.25) is 0 Å². The molecule has 41 heavy (non-hydrogen) atoms. The van der Waals surface area contributed by atoms with Crippen molar-refractivity contribution in [2.24, 2.45) is 11.8 Å². The van der Waals surface area contributed by atoms with E-state index in [-0.39, 0.29) is 11.9 Å². The summed E-state index contributed by atoms with van der Waals surface area (Å²) in [5.74, 6) is 2.25. The van der Waals surface area contributed by atoms with E-state index in [1.54, 1.807) is 12.1 Å². The van der Waals surface area contributed by atoms with Crippen molar-refractivity contribution in [1.82, 2.24) is 24.8 Å². The number of imidazole rings is 1. The van der Waals surface area contributed by atoms with Crippen LogP contribution in [0.5, 0.6) is 0 Å². The molecule has 0 radical (unpaired) electrons. The lowest BCUT2D eigenvalue weighted by Gasteiger charge is -2.34. The van der Waals surface area contributed by atoms with E-state index in [1.807, 2.05) is 32.9 Å². The highest BCUT2D eigenvalue weighted by Crippen LogP contribution is 2.32. The number of alkyl halides is 2. The quantitative estimate of drug-likeness (QED) is 0.317. The number of aliphatic hydroxyl groups is 1. The molecule has 1 atom stereocenters. The summed E-state index contributed by atoms with van der Waals surface area (Å²) in [6, 6.07) is 7.40. The molecule has 11 heteroatoms. The van der Waals surface area contributed by atoms with Gasteiger partial charge in [-0.1, -0.05) is 6.07 Å². The molecule has 2 fully saturated rings. The zero-order chi connectivity index (χ0) is 29.1. The lowest BCUT2D eigenvalue weighted by atomic mass is 9.82. The van der Waals surface area contributed by atoms with E-state index in [4.69, 9.17) is 14.7 Å². The highest BCUT2D eigenvalue weighted by atomic mass is 19.3. The smallest absolute Gasteiger partial charge is 0.296 e. The van der Waals surface area contributed by atoms with E-state index < -0.39 is 12.0 Å². The molecular formula is C30H43F2N7O2. The SMILES string of the molecule is Cc1ccc2nc(C(F)F)n(-c3cc(N4CCOC[C@@H]4C)nc(NCC4CCC(CNCC(C)(C)O)CC4)n3)c2c1. The third kappa shape index (κ3) is 7.31. The summed E-state index contributed by atoms with van der Waals surface area (Å²) in [6.45, 7) is 11.7. The lowest BCUT2D eigenvalue weighted by Crippen LogP contribution is -2.44. The van der Waals surface area contributed by atoms with Crippen molar-refractivity contribution in [2.45, 2.75) is 71.4 Å². The van der Waals surface area contributed by atoms with Gasteiger partial charge in [0, 0.05) is 25.7 Å². The Labute approximate surface area is 240 Å². The van der Waals surface area contributed by atoms with Crippen LogP contribution in [0.3, 0.4) is 0 Å². The van der Waals surface area contributed by atoms with Crippen molar-refractivity contribution in [3.05, 3.63) is 35.7 Å². The number of aromatic nitrogens is 4. The first-order valence-corrected chi connectivity index (χ1v) is 14.8. The van der Waals surface area contributed by atoms with Gasteiger partial charge in [0.1, 0.15) is 11.6 Å². The number of nitrogens with one attached hydrogen (secondary N) is 2. The zero-order valence-corrected chi connectivity index (χ0v) is 24.5. The van der Waals surface area contributed by atoms with Gasteiger partial charge >= 0.3 is 0 Å². The number of ether oxygens (including phenoxy) is 1. The molecule has 5 rings (SSSR count). The normalized spacial score (nSPS) is 22.0. The van der Waals surface area contributed by atoms with Crippen LogP contribution >= 0.6 is 0 Å². The molecule has 224 valence electrons. The fourth-order valence-corrected chi connectivity index (χ4v) is 5.88. The van der Waals surface area contributed by atoms with Crippen LogP contribution in [0, 0.1) is 18.8 Å². The standard InChI is InChI=1S/C30H43F2N7O2/c1-19-5-10-23-24(13-19)39(28(35-23)27(31)32)26-14-25(38-11-12-41-17-20(38)2)36-29(37-26)34-16-22-8-6-21(7-9-22)15-33-18-30(3,4)40/h5,10,13-14,20-22,27,33,40H,6-9,11-12,15-18H2,1-4H3,(H,34,36,37)/t20-,21?,22?/m0/s1. The second-order valence-corrected chi connectivity index (χ2v) is 12.3. The molecule has 3 heterocycles. The number of rotatable bonds is 10. The number of anilines is 2. The molecule has 3 N–H and O–H groups in total. The second-order valence-electron chi connectivity index (χ2n) is 12.3. The molecule has 1 aliphatic heterocycles. The van der Waals surface area contributed by atoms with Gasteiger partial charge in [0.2, 0.25) is 5.95 Å². The predicted octanol–water partition coefficient (Wildman–Crippen LogP) is 4.87. The van der Waals surface area contributed by atoms with E-state index in [2.05, 4.69) is 27.4 Å². The fraction of sp³-hybridized carbons (Fsp3) is 0.633. The van der Waals surface area contributed by atoms with Crippen LogP contribution in [0.4, 0.5) is 20.5 Å². The molecule has 1 saturated heterocycles. The van der Waals surface area contributed by atoms with Gasteiger partial charge in [-0.2, -0.15) is 9.97 Å². The number of benzene rings is 1. The summed E-state index contributed by atoms with van der Waals surface area (Å²) in [5, 5.41) is 16.8. The maximum Gasteiger partial charge on any atom is 0.296 e. The van der Waals surface area contributed by atoms with Crippen molar-refractivity contribution >= 4 is 22.8 Å². The zero-order valence-electron chi connectivity index (χ0n) is 24.5. The summed E-state index contributed by atoms with van der Waals surface area (Å²) in [7, 11) is 0. The molecule has 2 aliphatic rings. The van der Waals surface area contributed by atoms with Crippen LogP contribution in [0.25, 0.3) is 16.9 Å². The maximum atomic E-state index is 14.2. The van der Waals surface area contributed by atoms with E-state index in [1.165, 1.54) is 4.57 Å². The number of halogens is 2. The maximum absolute atomic E-state index is 14.2. The van der Waals surface area contributed by atoms with Crippen LogP contribution < -0.4 is 15.5 Å². The van der Waals surface area contributed by atoms with Gasteiger partial charge in [0.05, 0.1) is 35.9 Å². The van der Waals surface area contributed by atoms with Gasteiger partial charge in [-0.05, 0) is 89.5 Å². The summed E-state index contributed by atoms with van der Waals surface area (Å²) >= 11 is 0. The van der Waals surface area contributed by atoms with Crippen molar-refractivity contribution in [3.8, 4) is 5.82 Å². The Bertz CT molecular complexity index is 1320. The number of nitrogens with zero attached hydrogens (tertiary/aromatic N) is 5. The number of hydrogen-bond donors (Lipinski definition) is 3. The van der Waals surface area contributed by atoms with E-state index in [9.17, 15) is 13.9 Å². The van der Waals surface area contributed by atoms with Crippen LogP contribution in [0.15, 0.2) is 24.3 Å². The molecule has 0 spiro atoms. The second kappa shape index (κ2) is 12.5. The minimum Gasteiger partial charge on any atom is -0.389 e. The highest BCUT2D eigenvalue weighted by molar-refractivity contribution is 5.79. The number of hydrogen-bond acceptors (Lipinski definition) is 8. The topological polar surface area (TPSA) is 100 Å². The highest BCUT2D eigenvalue weighted by Gasteiger charge is 2.26. The Morgan fingerprint density at radius 1 is 1.05 bits per heavy atom. The summed E-state index contributed by atoms with van der Waals surface area (Å²) < 4.78 is 35.6. The van der Waals surface area contributed by atoms with Gasteiger partial charge in [-0.3, -0.25) is 4.57 Å². The number of morpholine rings is 1. The Kier molecular flexibility index (Phi) is 9.06. The average Bonchev–Trinajstić information content (AvgIpc) is 3.31. The minimum absolute atomic E-state index is 0.0935.